The molecule has 2 aromatic rings. The van der Waals surface area contributed by atoms with Crippen molar-refractivity contribution >= 4 is 29.9 Å². The Morgan fingerprint density at radius 1 is 1.19 bits per heavy atom. The maximum absolute atomic E-state index is 5.60. The predicted octanol–water partition coefficient (Wildman–Crippen LogP) is 3.23. The van der Waals surface area contributed by atoms with Gasteiger partial charge in [-0.1, -0.05) is 13.0 Å². The molecule has 1 aromatic heterocycles. The summed E-state index contributed by atoms with van der Waals surface area (Å²) in [7, 11) is 6.74. The molecule has 172 valence electrons. The van der Waals surface area contributed by atoms with Gasteiger partial charge in [-0.15, -0.1) is 24.0 Å². The van der Waals surface area contributed by atoms with E-state index in [2.05, 4.69) is 31.7 Å². The molecule has 1 aliphatic heterocycles. The number of nitrogens with zero attached hydrogens (tertiary/aromatic N) is 4. The molecule has 0 spiro atoms. The van der Waals surface area contributed by atoms with E-state index in [-0.39, 0.29) is 24.0 Å². The monoisotopic (exact) mass is 543 g/mol. The summed E-state index contributed by atoms with van der Waals surface area (Å²) in [6, 6.07) is 4.32. The van der Waals surface area contributed by atoms with Gasteiger partial charge in [-0.05, 0) is 24.8 Å². The minimum Gasteiger partial charge on any atom is -0.493 e. The number of imidazole rings is 1. The smallest absolute Gasteiger partial charge is 0.203 e. The van der Waals surface area contributed by atoms with Crippen LogP contribution >= 0.6 is 24.0 Å². The molecule has 1 aliphatic rings. The average molecular weight is 543 g/mol. The van der Waals surface area contributed by atoms with Gasteiger partial charge >= 0.3 is 0 Å². The van der Waals surface area contributed by atoms with Crippen molar-refractivity contribution in [3.63, 3.8) is 0 Å². The van der Waals surface area contributed by atoms with Crippen LogP contribution in [0.5, 0.6) is 17.2 Å². The van der Waals surface area contributed by atoms with Gasteiger partial charge in [0.1, 0.15) is 0 Å². The van der Waals surface area contributed by atoms with Crippen molar-refractivity contribution in [1.29, 1.82) is 0 Å². The van der Waals surface area contributed by atoms with Gasteiger partial charge in [0.25, 0.3) is 0 Å². The zero-order chi connectivity index (χ0) is 21.5. The summed E-state index contributed by atoms with van der Waals surface area (Å²) >= 11 is 0. The van der Waals surface area contributed by atoms with Gasteiger partial charge in [0.2, 0.25) is 5.75 Å². The average Bonchev–Trinajstić information content (AvgIpc) is 3.31. The van der Waals surface area contributed by atoms with Gasteiger partial charge in [0.05, 0.1) is 33.7 Å². The summed E-state index contributed by atoms with van der Waals surface area (Å²) in [5, 5.41) is 3.51. The summed E-state index contributed by atoms with van der Waals surface area (Å²) in [5.74, 6) is 3.52. The van der Waals surface area contributed by atoms with Gasteiger partial charge in [-0.25, -0.2) is 4.98 Å². The van der Waals surface area contributed by atoms with E-state index in [4.69, 9.17) is 14.2 Å². The van der Waals surface area contributed by atoms with Crippen molar-refractivity contribution < 1.29 is 14.2 Å². The maximum Gasteiger partial charge on any atom is 0.203 e. The molecule has 2 heterocycles. The number of hydrogen-bond acceptors (Lipinski definition) is 5. The Morgan fingerprint density at radius 2 is 1.97 bits per heavy atom. The minimum atomic E-state index is 0. The van der Waals surface area contributed by atoms with E-state index in [1.54, 1.807) is 21.3 Å². The van der Waals surface area contributed by atoms with E-state index >= 15 is 0 Å². The lowest BCUT2D eigenvalue weighted by atomic mass is 9.93. The van der Waals surface area contributed by atoms with Crippen molar-refractivity contribution in [2.24, 2.45) is 10.9 Å². The van der Waals surface area contributed by atoms with E-state index in [9.17, 15) is 0 Å². The molecule has 3 rings (SSSR count). The number of aliphatic imine (C=N–C) groups is 1. The molecule has 1 fully saturated rings. The highest BCUT2D eigenvalue weighted by Gasteiger charge is 2.28. The highest BCUT2D eigenvalue weighted by molar-refractivity contribution is 14.0. The fourth-order valence-electron chi connectivity index (χ4n) is 4.10. The molecule has 0 radical (unpaired) electrons. The first-order valence-electron chi connectivity index (χ1n) is 10.3. The first kappa shape index (κ1) is 25.1. The highest BCUT2D eigenvalue weighted by atomic mass is 127. The fraction of sp³-hybridized carbons (Fsp3) is 0.545. The molecule has 0 amide bonds. The molecule has 0 bridgehead atoms. The van der Waals surface area contributed by atoms with Crippen molar-refractivity contribution in [3.05, 3.63) is 36.4 Å². The van der Waals surface area contributed by atoms with Crippen LogP contribution < -0.4 is 19.5 Å². The van der Waals surface area contributed by atoms with E-state index in [0.29, 0.717) is 29.2 Å². The van der Waals surface area contributed by atoms with Crippen molar-refractivity contribution in [2.75, 3.05) is 48.0 Å². The van der Waals surface area contributed by atoms with Crippen LogP contribution in [0.25, 0.3) is 0 Å². The fourth-order valence-corrected chi connectivity index (χ4v) is 4.10. The van der Waals surface area contributed by atoms with E-state index in [0.717, 1.165) is 44.0 Å². The molecule has 1 aromatic carbocycles. The molecular formula is C22H34IN5O3. The van der Waals surface area contributed by atoms with Gasteiger partial charge in [0.15, 0.2) is 17.5 Å². The molecule has 31 heavy (non-hydrogen) atoms. The summed E-state index contributed by atoms with van der Waals surface area (Å²) in [6.45, 7) is 4.95. The number of piperidine rings is 1. The number of methoxy groups -OCH3 is 3. The highest BCUT2D eigenvalue weighted by Crippen LogP contribution is 2.39. The molecule has 0 saturated carbocycles. The lowest BCUT2D eigenvalue weighted by Crippen LogP contribution is -2.49. The first-order chi connectivity index (χ1) is 14.6. The van der Waals surface area contributed by atoms with Crippen LogP contribution in [-0.2, 0) is 6.42 Å². The summed E-state index contributed by atoms with van der Waals surface area (Å²) < 4.78 is 18.7. The number of nitrogens with one attached hydrogen (secondary N) is 1. The van der Waals surface area contributed by atoms with Gasteiger partial charge in [0, 0.05) is 44.6 Å². The van der Waals surface area contributed by atoms with E-state index in [1.165, 1.54) is 0 Å². The Bertz CT molecular complexity index is 844. The van der Waals surface area contributed by atoms with Gasteiger partial charge in [-0.3, -0.25) is 4.99 Å². The number of hydrogen-bond donors (Lipinski definition) is 1. The SMILES string of the molecule is CN=C(NCCc1ccc(OC)c(OC)c1OC)N1CCC(C)C(n2ccnc2)C1.I. The van der Waals surface area contributed by atoms with Crippen molar-refractivity contribution in [3.8, 4) is 17.2 Å². The molecule has 0 aliphatic carbocycles. The van der Waals surface area contributed by atoms with E-state index in [1.807, 2.05) is 37.9 Å². The molecule has 9 heteroatoms. The predicted molar refractivity (Wildman–Crippen MR) is 133 cm³/mol. The summed E-state index contributed by atoms with van der Waals surface area (Å²) in [6.07, 6.45) is 7.69. The standard InChI is InChI=1S/C22H33N5O3.HI/c1-16-9-12-26(14-18(16)27-13-11-24-15-27)22(23-2)25-10-8-17-6-7-19(28-3)21(30-5)20(17)29-4;/h6-7,11,13,15-16,18H,8-10,12,14H2,1-5H3,(H,23,25);1H. The number of likely N-dealkylation sites (tertiary alicyclic amines) is 1. The molecule has 2 unspecified atom stereocenters. The number of benzene rings is 1. The third-order valence-electron chi connectivity index (χ3n) is 5.80. The molecular weight excluding hydrogens is 509 g/mol. The molecule has 1 saturated heterocycles. The van der Waals surface area contributed by atoms with Crippen molar-refractivity contribution in [2.45, 2.75) is 25.8 Å². The topological polar surface area (TPSA) is 73.1 Å². The zero-order valence-corrected chi connectivity index (χ0v) is 21.3. The largest absolute Gasteiger partial charge is 0.493 e. The maximum atomic E-state index is 5.60. The van der Waals surface area contributed by atoms with Crippen molar-refractivity contribution in [1.82, 2.24) is 19.8 Å². The Morgan fingerprint density at radius 3 is 2.58 bits per heavy atom. The zero-order valence-electron chi connectivity index (χ0n) is 19.0. The van der Waals surface area contributed by atoms with Crippen LogP contribution in [0.3, 0.4) is 0 Å². The molecule has 2 atom stereocenters. The van der Waals surface area contributed by atoms with Crippen LogP contribution in [0.15, 0.2) is 35.8 Å². The normalized spacial score (nSPS) is 18.9. The second-order valence-corrected chi connectivity index (χ2v) is 7.51. The lowest BCUT2D eigenvalue weighted by molar-refractivity contribution is 0.189. The van der Waals surface area contributed by atoms with E-state index < -0.39 is 0 Å². The number of ether oxygens (including phenoxy) is 3. The third kappa shape index (κ3) is 5.75. The van der Waals surface area contributed by atoms with Crippen LogP contribution in [0.2, 0.25) is 0 Å². The van der Waals surface area contributed by atoms with Crippen LogP contribution in [0, 0.1) is 5.92 Å². The second kappa shape index (κ2) is 12.0. The van der Waals surface area contributed by atoms with Gasteiger partial charge in [-0.2, -0.15) is 0 Å². The van der Waals surface area contributed by atoms with Crippen LogP contribution in [0.1, 0.15) is 24.9 Å². The Kier molecular flexibility index (Phi) is 9.73. The number of aromatic nitrogens is 2. The number of guanidine groups is 1. The lowest BCUT2D eigenvalue weighted by Gasteiger charge is -2.39. The summed E-state index contributed by atoms with van der Waals surface area (Å²) in [4.78, 5) is 11.1. The Labute approximate surface area is 202 Å². The molecule has 1 N–H and O–H groups in total. The minimum absolute atomic E-state index is 0. The van der Waals surface area contributed by atoms with Crippen LogP contribution in [-0.4, -0.2) is 68.4 Å². The third-order valence-corrected chi connectivity index (χ3v) is 5.80. The molecule has 8 nitrogen and oxygen atoms in total. The van der Waals surface area contributed by atoms with Gasteiger partial charge < -0.3 is 29.0 Å². The Hall–Kier alpha value is -2.17. The Balaban J connectivity index is 0.00000341. The summed E-state index contributed by atoms with van der Waals surface area (Å²) in [5.41, 5.74) is 1.06. The number of halogens is 1. The first-order valence-corrected chi connectivity index (χ1v) is 10.3. The second-order valence-electron chi connectivity index (χ2n) is 7.51. The van der Waals surface area contributed by atoms with Crippen LogP contribution in [0.4, 0.5) is 0 Å². The quantitative estimate of drug-likeness (QED) is 0.329. The number of rotatable bonds is 7.